The Morgan fingerprint density at radius 3 is 2.75 bits per heavy atom. The average Bonchev–Trinajstić information content (AvgIpc) is 3.29. The quantitative estimate of drug-likeness (QED) is 0.540. The number of rotatable bonds is 4. The summed E-state index contributed by atoms with van der Waals surface area (Å²) in [5.41, 5.74) is 1.20. The number of carbonyl (C=O) groups excluding carboxylic acids is 2. The Morgan fingerprint density at radius 1 is 1.21 bits per heavy atom. The van der Waals surface area contributed by atoms with Crippen molar-refractivity contribution in [2.75, 3.05) is 16.8 Å². The molecule has 1 fully saturated rings. The highest BCUT2D eigenvalue weighted by Crippen LogP contribution is 2.34. The molecule has 1 aliphatic heterocycles. The molecule has 1 aromatic heterocycles. The second-order valence-electron chi connectivity index (χ2n) is 6.29. The summed E-state index contributed by atoms with van der Waals surface area (Å²) < 4.78 is 14.1. The van der Waals surface area contributed by atoms with Gasteiger partial charge in [0.25, 0.3) is 5.91 Å². The molecule has 1 unspecified atom stereocenters. The molecule has 9 heteroatoms. The molecular weight excluding hydrogens is 494 g/mol. The summed E-state index contributed by atoms with van der Waals surface area (Å²) in [5.74, 6) is -0.754. The SMILES string of the molecule is O=C(Nc1nnc(C2CC(=O)N(c3ccc(F)cc3)C2)s1)c1cccc(I)c1. The number of benzene rings is 2. The molecule has 0 aliphatic carbocycles. The molecule has 1 atom stereocenters. The van der Waals surface area contributed by atoms with Crippen molar-refractivity contribution in [2.45, 2.75) is 12.3 Å². The van der Waals surface area contributed by atoms with Crippen LogP contribution in [0.25, 0.3) is 0 Å². The summed E-state index contributed by atoms with van der Waals surface area (Å²) in [7, 11) is 0. The first-order valence-corrected chi connectivity index (χ1v) is 10.4. The molecule has 0 spiro atoms. The summed E-state index contributed by atoms with van der Waals surface area (Å²) in [6, 6.07) is 13.1. The fourth-order valence-corrected chi connectivity index (χ4v) is 4.37. The predicted molar refractivity (Wildman–Crippen MR) is 113 cm³/mol. The summed E-state index contributed by atoms with van der Waals surface area (Å²) in [6.07, 6.45) is 0.302. The Bertz CT molecular complexity index is 1040. The minimum absolute atomic E-state index is 0.0451. The van der Waals surface area contributed by atoms with E-state index >= 15 is 0 Å². The Balaban J connectivity index is 1.45. The second kappa shape index (κ2) is 7.92. The molecule has 4 rings (SSSR count). The van der Waals surface area contributed by atoms with Crippen LogP contribution in [0.3, 0.4) is 0 Å². The third-order valence-corrected chi connectivity index (χ3v) is 6.03. The molecule has 3 aromatic rings. The van der Waals surface area contributed by atoms with E-state index < -0.39 is 0 Å². The van der Waals surface area contributed by atoms with Crippen LogP contribution >= 0.6 is 33.9 Å². The maximum Gasteiger partial charge on any atom is 0.257 e. The average molecular weight is 508 g/mol. The number of anilines is 2. The fraction of sp³-hybridized carbons (Fsp3) is 0.158. The Labute approximate surface area is 177 Å². The van der Waals surface area contributed by atoms with Gasteiger partial charge in [-0.2, -0.15) is 0 Å². The van der Waals surface area contributed by atoms with E-state index in [-0.39, 0.29) is 23.5 Å². The smallest absolute Gasteiger partial charge is 0.257 e. The first-order chi connectivity index (χ1) is 13.5. The fourth-order valence-electron chi connectivity index (χ4n) is 2.99. The van der Waals surface area contributed by atoms with E-state index in [0.717, 1.165) is 3.57 Å². The number of nitrogens with one attached hydrogen (secondary N) is 1. The summed E-state index contributed by atoms with van der Waals surface area (Å²) in [5, 5.41) is 12.0. The van der Waals surface area contributed by atoms with Crippen LogP contribution in [-0.4, -0.2) is 28.6 Å². The van der Waals surface area contributed by atoms with Crippen LogP contribution < -0.4 is 10.2 Å². The molecule has 0 radical (unpaired) electrons. The molecule has 6 nitrogen and oxygen atoms in total. The van der Waals surface area contributed by atoms with Crippen LogP contribution in [-0.2, 0) is 4.79 Å². The zero-order valence-electron chi connectivity index (χ0n) is 14.4. The maximum atomic E-state index is 13.1. The van der Waals surface area contributed by atoms with Crippen molar-refractivity contribution in [1.82, 2.24) is 10.2 Å². The van der Waals surface area contributed by atoms with Gasteiger partial charge in [-0.25, -0.2) is 4.39 Å². The second-order valence-corrected chi connectivity index (χ2v) is 8.55. The van der Waals surface area contributed by atoms with Gasteiger partial charge in [-0.15, -0.1) is 10.2 Å². The lowest BCUT2D eigenvalue weighted by Gasteiger charge is -2.16. The number of hydrogen-bond donors (Lipinski definition) is 1. The van der Waals surface area contributed by atoms with Gasteiger partial charge in [0.15, 0.2) is 0 Å². The Morgan fingerprint density at radius 2 is 2.00 bits per heavy atom. The largest absolute Gasteiger partial charge is 0.312 e. The Hall–Kier alpha value is -2.40. The van der Waals surface area contributed by atoms with Gasteiger partial charge in [-0.1, -0.05) is 17.4 Å². The van der Waals surface area contributed by atoms with E-state index in [2.05, 4.69) is 38.1 Å². The first kappa shape index (κ1) is 18.9. The van der Waals surface area contributed by atoms with Gasteiger partial charge in [0.1, 0.15) is 10.8 Å². The number of halogens is 2. The van der Waals surface area contributed by atoms with Crippen LogP contribution in [0.5, 0.6) is 0 Å². The van der Waals surface area contributed by atoms with E-state index in [9.17, 15) is 14.0 Å². The zero-order chi connectivity index (χ0) is 19.7. The monoisotopic (exact) mass is 508 g/mol. The minimum atomic E-state index is -0.343. The minimum Gasteiger partial charge on any atom is -0.312 e. The lowest BCUT2D eigenvalue weighted by molar-refractivity contribution is -0.117. The predicted octanol–water partition coefficient (Wildman–Crippen LogP) is 4.05. The topological polar surface area (TPSA) is 75.2 Å². The van der Waals surface area contributed by atoms with Gasteiger partial charge < -0.3 is 4.90 Å². The third kappa shape index (κ3) is 4.04. The highest BCUT2D eigenvalue weighted by molar-refractivity contribution is 14.1. The van der Waals surface area contributed by atoms with Crippen molar-refractivity contribution in [3.63, 3.8) is 0 Å². The molecule has 1 N–H and O–H groups in total. The van der Waals surface area contributed by atoms with Crippen LogP contribution in [0.15, 0.2) is 48.5 Å². The molecule has 1 aliphatic rings. The van der Waals surface area contributed by atoms with E-state index in [1.807, 2.05) is 12.1 Å². The van der Waals surface area contributed by atoms with Crippen molar-refractivity contribution < 1.29 is 14.0 Å². The van der Waals surface area contributed by atoms with E-state index in [4.69, 9.17) is 0 Å². The highest BCUT2D eigenvalue weighted by atomic mass is 127. The lowest BCUT2D eigenvalue weighted by Crippen LogP contribution is -2.24. The third-order valence-electron chi connectivity index (χ3n) is 4.36. The van der Waals surface area contributed by atoms with Crippen molar-refractivity contribution in [2.24, 2.45) is 0 Å². The molecule has 0 bridgehead atoms. The van der Waals surface area contributed by atoms with Crippen molar-refractivity contribution in [3.05, 3.63) is 68.5 Å². The first-order valence-electron chi connectivity index (χ1n) is 8.46. The van der Waals surface area contributed by atoms with Crippen molar-refractivity contribution in [1.29, 1.82) is 0 Å². The van der Waals surface area contributed by atoms with Crippen LogP contribution in [0.4, 0.5) is 15.2 Å². The number of amides is 2. The van der Waals surface area contributed by atoms with E-state index in [1.165, 1.54) is 23.5 Å². The maximum absolute atomic E-state index is 13.1. The van der Waals surface area contributed by atoms with Gasteiger partial charge in [-0.3, -0.25) is 14.9 Å². The molecular formula is C19H14FIN4O2S. The molecule has 28 heavy (non-hydrogen) atoms. The van der Waals surface area contributed by atoms with E-state index in [1.54, 1.807) is 29.2 Å². The Kier molecular flexibility index (Phi) is 5.36. The molecule has 2 aromatic carbocycles. The molecule has 1 saturated heterocycles. The van der Waals surface area contributed by atoms with Crippen LogP contribution in [0.1, 0.15) is 27.7 Å². The van der Waals surface area contributed by atoms with Gasteiger partial charge in [0.05, 0.1) is 0 Å². The summed E-state index contributed by atoms with van der Waals surface area (Å²) in [4.78, 5) is 26.3. The normalized spacial score (nSPS) is 16.4. The van der Waals surface area contributed by atoms with Gasteiger partial charge in [-0.05, 0) is 65.1 Å². The zero-order valence-corrected chi connectivity index (χ0v) is 17.4. The number of hydrogen-bond acceptors (Lipinski definition) is 5. The summed E-state index contributed by atoms with van der Waals surface area (Å²) in [6.45, 7) is 0.448. The lowest BCUT2D eigenvalue weighted by atomic mass is 10.1. The number of aromatic nitrogens is 2. The number of nitrogens with zero attached hydrogens (tertiary/aromatic N) is 3. The molecule has 142 valence electrons. The molecule has 2 heterocycles. The van der Waals surface area contributed by atoms with Gasteiger partial charge in [0, 0.05) is 33.7 Å². The van der Waals surface area contributed by atoms with Gasteiger partial charge in [0.2, 0.25) is 11.0 Å². The van der Waals surface area contributed by atoms with Crippen LogP contribution in [0, 0.1) is 9.39 Å². The molecule has 2 amide bonds. The van der Waals surface area contributed by atoms with Gasteiger partial charge >= 0.3 is 0 Å². The number of carbonyl (C=O) groups is 2. The van der Waals surface area contributed by atoms with Crippen LogP contribution in [0.2, 0.25) is 0 Å². The standard InChI is InChI=1S/C19H14FIN4O2S/c20-13-4-6-15(7-5-13)25-10-12(9-16(25)26)18-23-24-19(28-18)22-17(27)11-2-1-3-14(21)8-11/h1-8,12H,9-10H2,(H,22,24,27). The molecule has 0 saturated carbocycles. The van der Waals surface area contributed by atoms with Crippen molar-refractivity contribution >= 4 is 56.6 Å². The highest BCUT2D eigenvalue weighted by Gasteiger charge is 2.34. The summed E-state index contributed by atoms with van der Waals surface area (Å²) >= 11 is 3.41. The van der Waals surface area contributed by atoms with Crippen molar-refractivity contribution in [3.8, 4) is 0 Å². The van der Waals surface area contributed by atoms with E-state index in [0.29, 0.717) is 34.4 Å².